The Bertz CT molecular complexity index is 762. The van der Waals surface area contributed by atoms with Crippen molar-refractivity contribution >= 4 is 23.5 Å². The second kappa shape index (κ2) is 26.1. The first-order chi connectivity index (χ1) is 20.4. The maximum absolute atomic E-state index is 10.7. The molecule has 0 saturated heterocycles. The Morgan fingerprint density at radius 3 is 1.60 bits per heavy atom. The van der Waals surface area contributed by atoms with E-state index in [9.17, 15) is 9.59 Å². The van der Waals surface area contributed by atoms with Gasteiger partial charge in [0.15, 0.2) is 5.06 Å². The van der Waals surface area contributed by atoms with Crippen LogP contribution in [0.15, 0.2) is 23.3 Å². The molecule has 244 valence electrons. The smallest absolute Gasteiger partial charge is 0.303 e. The van der Waals surface area contributed by atoms with Crippen LogP contribution in [0.5, 0.6) is 0 Å². The van der Waals surface area contributed by atoms with E-state index < -0.39 is 17.0 Å². The van der Waals surface area contributed by atoms with Gasteiger partial charge in [-0.3, -0.25) is 9.59 Å². The number of carboxylic acids is 2. The highest BCUT2D eigenvalue weighted by atomic mass is 35.5. The summed E-state index contributed by atoms with van der Waals surface area (Å²) in [5, 5.41) is 16.8. The zero-order valence-electron chi connectivity index (χ0n) is 27.0. The van der Waals surface area contributed by atoms with Gasteiger partial charge in [0.25, 0.3) is 0 Å². The van der Waals surface area contributed by atoms with E-state index in [1.165, 1.54) is 107 Å². The van der Waals surface area contributed by atoms with Crippen molar-refractivity contribution in [1.29, 1.82) is 0 Å². The van der Waals surface area contributed by atoms with Crippen LogP contribution in [0.4, 0.5) is 0 Å². The number of hydrogen-bond acceptors (Lipinski definition) is 3. The standard InChI is InChI=1S/C36H63ClO5/c1-2-3-4-5-6-13-18-23-30-42-36(37)29-28-32(24-19-14-9-7-11-16-21-26-34(38)39)33(31-36)25-20-15-10-8-12-17-22-27-35(40)41/h28-29H,2-27,30-31H2,1H3,(H,38,39)(H,40,41). The average molecular weight is 611 g/mol. The van der Waals surface area contributed by atoms with E-state index in [2.05, 4.69) is 19.1 Å². The predicted molar refractivity (Wildman–Crippen MR) is 176 cm³/mol. The van der Waals surface area contributed by atoms with E-state index in [1.54, 1.807) is 0 Å². The van der Waals surface area contributed by atoms with E-state index in [1.807, 2.05) is 0 Å². The van der Waals surface area contributed by atoms with Crippen LogP contribution in [-0.4, -0.2) is 33.8 Å². The number of allylic oxidation sites excluding steroid dienone is 2. The highest BCUT2D eigenvalue weighted by Gasteiger charge is 2.30. The molecule has 0 saturated carbocycles. The molecule has 0 amide bonds. The van der Waals surface area contributed by atoms with Crippen LogP contribution in [0, 0.1) is 0 Å². The Morgan fingerprint density at radius 1 is 0.667 bits per heavy atom. The summed E-state index contributed by atoms with van der Waals surface area (Å²) in [5.41, 5.74) is 2.93. The second-order valence-corrected chi connectivity index (χ2v) is 13.1. The van der Waals surface area contributed by atoms with Crippen molar-refractivity contribution in [2.45, 2.75) is 185 Å². The molecule has 0 heterocycles. The summed E-state index contributed by atoms with van der Waals surface area (Å²) in [7, 11) is 0. The lowest BCUT2D eigenvalue weighted by Crippen LogP contribution is -2.27. The number of carbonyl (C=O) groups is 2. The summed E-state index contributed by atoms with van der Waals surface area (Å²) in [5.74, 6) is -1.38. The third-order valence-electron chi connectivity index (χ3n) is 8.49. The summed E-state index contributed by atoms with van der Waals surface area (Å²) in [6.45, 7) is 2.98. The Hall–Kier alpha value is -1.33. The number of alkyl halides is 1. The van der Waals surface area contributed by atoms with Gasteiger partial charge in [-0.05, 0) is 56.6 Å². The van der Waals surface area contributed by atoms with Crippen LogP contribution in [-0.2, 0) is 14.3 Å². The Morgan fingerprint density at radius 2 is 1.10 bits per heavy atom. The molecule has 42 heavy (non-hydrogen) atoms. The molecule has 1 aliphatic rings. The molecule has 2 N–H and O–H groups in total. The summed E-state index contributed by atoms with van der Waals surface area (Å²) >= 11 is 7.01. The van der Waals surface area contributed by atoms with Crippen LogP contribution >= 0.6 is 11.6 Å². The first-order valence-electron chi connectivity index (χ1n) is 17.5. The van der Waals surface area contributed by atoms with Crippen LogP contribution in [0.3, 0.4) is 0 Å². The van der Waals surface area contributed by atoms with Crippen LogP contribution in [0.25, 0.3) is 0 Å². The lowest BCUT2D eigenvalue weighted by molar-refractivity contribution is -0.138. The van der Waals surface area contributed by atoms with E-state index in [4.69, 9.17) is 26.6 Å². The van der Waals surface area contributed by atoms with Crippen molar-refractivity contribution in [2.75, 3.05) is 6.61 Å². The summed E-state index contributed by atoms with van der Waals surface area (Å²) in [6, 6.07) is 0. The fraction of sp³-hybridized carbons (Fsp3) is 0.833. The van der Waals surface area contributed by atoms with Crippen molar-refractivity contribution in [3.63, 3.8) is 0 Å². The summed E-state index contributed by atoms with van der Waals surface area (Å²) in [4.78, 5) is 21.3. The first-order valence-corrected chi connectivity index (χ1v) is 17.9. The lowest BCUT2D eigenvalue weighted by atomic mass is 9.88. The molecule has 0 radical (unpaired) electrons. The topological polar surface area (TPSA) is 83.8 Å². The quantitative estimate of drug-likeness (QED) is 0.0624. The van der Waals surface area contributed by atoms with E-state index >= 15 is 0 Å². The van der Waals surface area contributed by atoms with Gasteiger partial charge in [-0.2, -0.15) is 0 Å². The second-order valence-electron chi connectivity index (χ2n) is 12.5. The van der Waals surface area contributed by atoms with Gasteiger partial charge >= 0.3 is 11.9 Å². The summed E-state index contributed by atoms with van der Waals surface area (Å²) < 4.78 is 6.26. The molecule has 1 aliphatic carbocycles. The number of halogens is 1. The molecule has 1 rings (SSSR count). The van der Waals surface area contributed by atoms with Crippen LogP contribution in [0.1, 0.15) is 180 Å². The van der Waals surface area contributed by atoms with Gasteiger partial charge in [0, 0.05) is 25.9 Å². The van der Waals surface area contributed by atoms with Crippen molar-refractivity contribution in [1.82, 2.24) is 0 Å². The van der Waals surface area contributed by atoms with E-state index in [-0.39, 0.29) is 0 Å². The SMILES string of the molecule is CCCCCCCCCCOC1(Cl)C=CC(CCCCCCCCCC(=O)O)=C(CCCCCCCCCC(=O)O)C1. The monoisotopic (exact) mass is 610 g/mol. The van der Waals surface area contributed by atoms with Gasteiger partial charge in [0.1, 0.15) is 0 Å². The average Bonchev–Trinajstić information content (AvgIpc) is 2.95. The Labute approximate surface area is 262 Å². The van der Waals surface area contributed by atoms with Crippen LogP contribution < -0.4 is 0 Å². The minimum absolute atomic E-state index is 0.290. The van der Waals surface area contributed by atoms with Gasteiger partial charge in [-0.15, -0.1) is 0 Å². The number of rotatable bonds is 30. The molecule has 1 atom stereocenters. The first kappa shape index (κ1) is 38.7. The number of hydrogen-bond donors (Lipinski definition) is 2. The van der Waals surface area contributed by atoms with E-state index in [0.29, 0.717) is 12.8 Å². The lowest BCUT2D eigenvalue weighted by Gasteiger charge is -2.30. The minimum Gasteiger partial charge on any atom is -0.481 e. The van der Waals surface area contributed by atoms with Gasteiger partial charge in [-0.25, -0.2) is 0 Å². The third-order valence-corrected chi connectivity index (χ3v) is 8.86. The Kier molecular flexibility index (Phi) is 24.1. The largest absolute Gasteiger partial charge is 0.481 e. The van der Waals surface area contributed by atoms with Crippen molar-refractivity contribution in [3.8, 4) is 0 Å². The molecule has 1 unspecified atom stereocenters. The maximum atomic E-state index is 10.7. The molecule has 0 spiro atoms. The number of carboxylic acid groups (broad SMARTS) is 2. The molecule has 6 heteroatoms. The molecule has 5 nitrogen and oxygen atoms in total. The molecule has 0 aromatic carbocycles. The molecule has 0 aliphatic heterocycles. The normalized spacial score (nSPS) is 16.8. The van der Waals surface area contributed by atoms with Gasteiger partial charge in [0.2, 0.25) is 0 Å². The molecular formula is C36H63ClO5. The fourth-order valence-electron chi connectivity index (χ4n) is 5.87. The van der Waals surface area contributed by atoms with Crippen molar-refractivity contribution in [2.24, 2.45) is 0 Å². The Balaban J connectivity index is 2.42. The molecule has 0 aromatic rings. The number of unbranched alkanes of at least 4 members (excludes halogenated alkanes) is 19. The predicted octanol–water partition coefficient (Wildman–Crippen LogP) is 11.5. The third kappa shape index (κ3) is 22.2. The molecule has 0 fully saturated rings. The van der Waals surface area contributed by atoms with Crippen molar-refractivity contribution < 1.29 is 24.5 Å². The highest BCUT2D eigenvalue weighted by molar-refractivity contribution is 6.24. The van der Waals surface area contributed by atoms with E-state index in [0.717, 1.165) is 70.8 Å². The minimum atomic E-state index is -0.708. The number of aliphatic carboxylic acids is 2. The van der Waals surface area contributed by atoms with Gasteiger partial charge < -0.3 is 14.9 Å². The van der Waals surface area contributed by atoms with Crippen LogP contribution in [0.2, 0.25) is 0 Å². The highest BCUT2D eigenvalue weighted by Crippen LogP contribution is 2.38. The zero-order valence-corrected chi connectivity index (χ0v) is 27.7. The molecule has 0 bridgehead atoms. The molecular weight excluding hydrogens is 548 g/mol. The molecule has 0 aromatic heterocycles. The zero-order chi connectivity index (χ0) is 30.7. The van der Waals surface area contributed by atoms with Gasteiger partial charge in [0.05, 0.1) is 0 Å². The fourth-order valence-corrected chi connectivity index (χ4v) is 6.17. The summed E-state index contributed by atoms with van der Waals surface area (Å²) in [6.07, 6.45) is 33.6. The van der Waals surface area contributed by atoms with Crippen molar-refractivity contribution in [3.05, 3.63) is 23.3 Å². The number of ether oxygens (including phenoxy) is 1. The maximum Gasteiger partial charge on any atom is 0.303 e. The van der Waals surface area contributed by atoms with Gasteiger partial charge in [-0.1, -0.05) is 139 Å².